The van der Waals surface area contributed by atoms with Gasteiger partial charge in [-0.05, 0) is 47.2 Å². The zero-order valence-electron chi connectivity index (χ0n) is 28.5. The summed E-state index contributed by atoms with van der Waals surface area (Å²) in [5.74, 6) is 0.175. The molecule has 6 rings (SSSR count). The highest BCUT2D eigenvalue weighted by atomic mass is 16.5. The van der Waals surface area contributed by atoms with Gasteiger partial charge in [0.15, 0.2) is 0 Å². The van der Waals surface area contributed by atoms with E-state index in [1.807, 2.05) is 103 Å². The van der Waals surface area contributed by atoms with Gasteiger partial charge in [-0.1, -0.05) is 110 Å². The van der Waals surface area contributed by atoms with E-state index in [0.717, 1.165) is 41.5 Å². The molecule has 10 heteroatoms. The molecule has 0 spiro atoms. The second kappa shape index (κ2) is 17.2. The van der Waals surface area contributed by atoms with E-state index in [-0.39, 0.29) is 43.5 Å². The number of H-pyrrole nitrogens is 1. The molecule has 1 aromatic heterocycles. The summed E-state index contributed by atoms with van der Waals surface area (Å²) in [7, 11) is 0. The SMILES string of the molecule is O=C(CC1(c2ccccc2)CCC1)NCN(Cc1ccc(OCc2ccccc2)cc1)C(=O)[C@H](Cc1cnc[nH]1)NC(=O)OCc1ccccc1. The zero-order chi connectivity index (χ0) is 35.3. The second-order valence-corrected chi connectivity index (χ2v) is 12.9. The first-order valence-corrected chi connectivity index (χ1v) is 17.3. The maximum absolute atomic E-state index is 14.3. The minimum atomic E-state index is -0.999. The van der Waals surface area contributed by atoms with Gasteiger partial charge in [-0.15, -0.1) is 0 Å². The van der Waals surface area contributed by atoms with Crippen LogP contribution in [0.25, 0.3) is 0 Å². The lowest BCUT2D eigenvalue weighted by Gasteiger charge is -2.42. The normalized spacial score (nSPS) is 13.6. The molecule has 4 aromatic carbocycles. The molecule has 51 heavy (non-hydrogen) atoms. The fourth-order valence-corrected chi connectivity index (χ4v) is 6.32. The van der Waals surface area contributed by atoms with Crippen LogP contribution < -0.4 is 15.4 Å². The number of hydrogen-bond donors (Lipinski definition) is 3. The lowest BCUT2D eigenvalue weighted by Crippen LogP contribution is -2.52. The Hall–Kier alpha value is -5.90. The summed E-state index contributed by atoms with van der Waals surface area (Å²) >= 11 is 0. The van der Waals surface area contributed by atoms with Crippen molar-refractivity contribution in [1.29, 1.82) is 0 Å². The number of alkyl carbamates (subject to hydrolysis) is 1. The van der Waals surface area contributed by atoms with Gasteiger partial charge in [0.1, 0.15) is 25.0 Å². The third kappa shape index (κ3) is 9.85. The Morgan fingerprint density at radius 3 is 2.06 bits per heavy atom. The molecule has 3 amide bonds. The number of imidazole rings is 1. The number of benzene rings is 4. The van der Waals surface area contributed by atoms with E-state index >= 15 is 0 Å². The molecule has 10 nitrogen and oxygen atoms in total. The summed E-state index contributed by atoms with van der Waals surface area (Å²) in [6.45, 7) is 0.624. The van der Waals surface area contributed by atoms with Crippen molar-refractivity contribution >= 4 is 17.9 Å². The smallest absolute Gasteiger partial charge is 0.408 e. The van der Waals surface area contributed by atoms with Crippen LogP contribution in [0.15, 0.2) is 128 Å². The van der Waals surface area contributed by atoms with E-state index in [1.165, 1.54) is 6.33 Å². The Kier molecular flexibility index (Phi) is 11.8. The summed E-state index contributed by atoms with van der Waals surface area (Å²) in [5.41, 5.74) is 4.33. The Labute approximate surface area is 298 Å². The molecule has 0 unspecified atom stereocenters. The second-order valence-electron chi connectivity index (χ2n) is 12.9. The Balaban J connectivity index is 1.17. The van der Waals surface area contributed by atoms with Crippen LogP contribution in [0.2, 0.25) is 0 Å². The average molecular weight is 686 g/mol. The molecule has 1 saturated carbocycles. The van der Waals surface area contributed by atoms with Gasteiger partial charge in [-0.2, -0.15) is 0 Å². The fourth-order valence-electron chi connectivity index (χ4n) is 6.32. The summed E-state index contributed by atoms with van der Waals surface area (Å²) < 4.78 is 11.4. The Bertz CT molecular complexity index is 1830. The molecule has 0 aliphatic heterocycles. The number of nitrogens with zero attached hydrogens (tertiary/aromatic N) is 2. The molecule has 1 atom stereocenters. The molecule has 0 radical (unpaired) electrons. The minimum Gasteiger partial charge on any atom is -0.489 e. The first-order chi connectivity index (χ1) is 25.0. The molecule has 3 N–H and O–H groups in total. The van der Waals surface area contributed by atoms with Crippen molar-refractivity contribution in [2.24, 2.45) is 0 Å². The number of nitrogens with one attached hydrogen (secondary N) is 3. The number of carbonyl (C=O) groups excluding carboxylic acids is 3. The summed E-state index contributed by atoms with van der Waals surface area (Å²) in [6.07, 6.45) is 5.82. The largest absolute Gasteiger partial charge is 0.489 e. The molecule has 262 valence electrons. The fraction of sp³-hybridized carbons (Fsp3) is 0.268. The van der Waals surface area contributed by atoms with Crippen LogP contribution in [-0.2, 0) is 45.9 Å². The standard InChI is InChI=1S/C41H43N5O5/c47-38(24-41(21-10-22-41)34-15-8-3-9-16-34)44-30-46(26-31-17-19-36(20-18-31)50-27-32-11-4-1-5-12-32)39(48)37(23-35-25-42-29-43-35)45-40(49)51-28-33-13-6-2-7-14-33/h1-9,11-20,25,29,37H,10,21-24,26-28,30H2,(H,42,43)(H,44,47)(H,45,49)/t37-/m0/s1. The van der Waals surface area contributed by atoms with Crippen LogP contribution in [0.1, 0.15) is 53.6 Å². The molecule has 1 fully saturated rings. The predicted octanol–water partition coefficient (Wildman–Crippen LogP) is 6.44. The van der Waals surface area contributed by atoms with E-state index in [9.17, 15) is 14.4 Å². The monoisotopic (exact) mass is 685 g/mol. The van der Waals surface area contributed by atoms with Gasteiger partial charge in [-0.25, -0.2) is 9.78 Å². The first-order valence-electron chi connectivity index (χ1n) is 17.3. The average Bonchev–Trinajstić information content (AvgIpc) is 3.67. The maximum Gasteiger partial charge on any atom is 0.408 e. The van der Waals surface area contributed by atoms with E-state index in [2.05, 4.69) is 32.7 Å². The Morgan fingerprint density at radius 2 is 1.45 bits per heavy atom. The van der Waals surface area contributed by atoms with Crippen molar-refractivity contribution in [2.45, 2.75) is 63.3 Å². The van der Waals surface area contributed by atoms with Crippen LogP contribution in [0, 0.1) is 0 Å². The van der Waals surface area contributed by atoms with Crippen molar-refractivity contribution in [3.05, 3.63) is 156 Å². The number of aromatic nitrogens is 2. The van der Waals surface area contributed by atoms with Gasteiger partial charge in [0.25, 0.3) is 0 Å². The van der Waals surface area contributed by atoms with Gasteiger partial charge in [0, 0.05) is 36.7 Å². The minimum absolute atomic E-state index is 0.0466. The van der Waals surface area contributed by atoms with Crippen LogP contribution in [0.3, 0.4) is 0 Å². The molecular formula is C41H43N5O5. The number of aromatic amines is 1. The van der Waals surface area contributed by atoms with Crippen molar-refractivity contribution in [1.82, 2.24) is 25.5 Å². The molecule has 0 saturated heterocycles. The maximum atomic E-state index is 14.3. The molecule has 1 aliphatic rings. The molecule has 1 heterocycles. The van der Waals surface area contributed by atoms with Crippen molar-refractivity contribution in [2.75, 3.05) is 6.67 Å². The van der Waals surface area contributed by atoms with E-state index in [1.54, 1.807) is 11.1 Å². The van der Waals surface area contributed by atoms with E-state index in [0.29, 0.717) is 24.5 Å². The summed E-state index contributed by atoms with van der Waals surface area (Å²) in [5, 5.41) is 5.78. The van der Waals surface area contributed by atoms with Gasteiger partial charge < -0.3 is 30.0 Å². The molecular weight excluding hydrogens is 642 g/mol. The van der Waals surface area contributed by atoms with E-state index < -0.39 is 12.1 Å². The van der Waals surface area contributed by atoms with Crippen molar-refractivity contribution in [3.8, 4) is 5.75 Å². The number of amides is 3. The number of ether oxygens (including phenoxy) is 2. The highest BCUT2D eigenvalue weighted by Gasteiger charge is 2.40. The van der Waals surface area contributed by atoms with Crippen LogP contribution >= 0.6 is 0 Å². The number of carbonyl (C=O) groups is 3. The zero-order valence-corrected chi connectivity index (χ0v) is 28.5. The quantitative estimate of drug-likeness (QED) is 0.103. The lowest BCUT2D eigenvalue weighted by atomic mass is 9.62. The third-order valence-electron chi connectivity index (χ3n) is 9.30. The summed E-state index contributed by atoms with van der Waals surface area (Å²) in [4.78, 5) is 49.5. The van der Waals surface area contributed by atoms with Gasteiger partial charge in [-0.3, -0.25) is 9.59 Å². The molecule has 1 aliphatic carbocycles. The Morgan fingerprint density at radius 1 is 0.804 bits per heavy atom. The van der Waals surface area contributed by atoms with Crippen LogP contribution in [-0.4, -0.2) is 45.5 Å². The van der Waals surface area contributed by atoms with Gasteiger partial charge >= 0.3 is 6.09 Å². The molecule has 0 bridgehead atoms. The van der Waals surface area contributed by atoms with Crippen molar-refractivity contribution in [3.63, 3.8) is 0 Å². The first kappa shape index (κ1) is 34.9. The van der Waals surface area contributed by atoms with Crippen LogP contribution in [0.4, 0.5) is 4.79 Å². The van der Waals surface area contributed by atoms with Gasteiger partial charge in [0.05, 0.1) is 13.0 Å². The number of hydrogen-bond acceptors (Lipinski definition) is 6. The van der Waals surface area contributed by atoms with Crippen molar-refractivity contribution < 1.29 is 23.9 Å². The highest BCUT2D eigenvalue weighted by Crippen LogP contribution is 2.46. The molecule has 5 aromatic rings. The van der Waals surface area contributed by atoms with Crippen LogP contribution in [0.5, 0.6) is 5.75 Å². The number of rotatable bonds is 16. The third-order valence-corrected chi connectivity index (χ3v) is 9.30. The topological polar surface area (TPSA) is 126 Å². The highest BCUT2D eigenvalue weighted by molar-refractivity contribution is 5.86. The lowest BCUT2D eigenvalue weighted by molar-refractivity contribution is -0.135. The van der Waals surface area contributed by atoms with E-state index in [4.69, 9.17) is 9.47 Å². The predicted molar refractivity (Wildman–Crippen MR) is 193 cm³/mol. The summed E-state index contributed by atoms with van der Waals surface area (Å²) in [6, 6.07) is 35.9. The van der Waals surface area contributed by atoms with Gasteiger partial charge in [0.2, 0.25) is 11.8 Å².